The normalized spacial score (nSPS) is 17.9. The number of pyridine rings is 1. The predicted molar refractivity (Wildman–Crippen MR) is 96.4 cm³/mol. The van der Waals surface area contributed by atoms with Gasteiger partial charge in [0.05, 0.1) is 29.5 Å². The van der Waals surface area contributed by atoms with Gasteiger partial charge in [0.2, 0.25) is 0 Å². The molecule has 128 valence electrons. The van der Waals surface area contributed by atoms with Gasteiger partial charge in [0.15, 0.2) is 0 Å². The maximum atomic E-state index is 12.4. The highest BCUT2D eigenvalue weighted by Gasteiger charge is 2.23. The number of benzene rings is 1. The molecule has 3 aromatic rings. The monoisotopic (exact) mass is 335 g/mol. The van der Waals surface area contributed by atoms with Crippen LogP contribution in [0.4, 0.5) is 0 Å². The van der Waals surface area contributed by atoms with Crippen LogP contribution in [0, 0.1) is 0 Å². The minimum Gasteiger partial charge on any atom is -0.346 e. The van der Waals surface area contributed by atoms with Gasteiger partial charge in [-0.2, -0.15) is 0 Å². The molecule has 6 heteroatoms. The summed E-state index contributed by atoms with van der Waals surface area (Å²) in [4.78, 5) is 26.8. The van der Waals surface area contributed by atoms with Crippen LogP contribution in [0.25, 0.3) is 10.9 Å². The van der Waals surface area contributed by atoms with E-state index in [1.165, 1.54) is 0 Å². The summed E-state index contributed by atoms with van der Waals surface area (Å²) in [7, 11) is 2.13. The molecular weight excluding hydrogens is 314 g/mol. The molecule has 0 radical (unpaired) electrons. The first-order valence-corrected chi connectivity index (χ1v) is 8.54. The van der Waals surface area contributed by atoms with Gasteiger partial charge in [-0.1, -0.05) is 18.2 Å². The van der Waals surface area contributed by atoms with E-state index in [1.54, 1.807) is 6.20 Å². The summed E-state index contributed by atoms with van der Waals surface area (Å²) < 4.78 is 0. The lowest BCUT2D eigenvalue weighted by molar-refractivity contribution is 0.0950. The Hall–Kier alpha value is -2.73. The second kappa shape index (κ2) is 6.64. The third kappa shape index (κ3) is 3.39. The molecule has 6 nitrogen and oxygen atoms in total. The predicted octanol–water partition coefficient (Wildman–Crippen LogP) is 2.31. The van der Waals surface area contributed by atoms with E-state index < -0.39 is 0 Å². The highest BCUT2D eigenvalue weighted by Crippen LogP contribution is 2.23. The van der Waals surface area contributed by atoms with Crippen molar-refractivity contribution in [1.82, 2.24) is 25.2 Å². The number of carbonyl (C=O) groups is 1. The Bertz CT molecular complexity index is 903. The summed E-state index contributed by atoms with van der Waals surface area (Å²) in [5.74, 6) is 1.34. The first kappa shape index (κ1) is 15.8. The fourth-order valence-corrected chi connectivity index (χ4v) is 3.30. The van der Waals surface area contributed by atoms with Crippen molar-refractivity contribution < 1.29 is 4.79 Å². The van der Waals surface area contributed by atoms with Gasteiger partial charge in [-0.15, -0.1) is 0 Å². The van der Waals surface area contributed by atoms with Crippen LogP contribution < -0.4 is 5.32 Å². The van der Waals surface area contributed by atoms with Crippen LogP contribution in [-0.4, -0.2) is 45.9 Å². The molecule has 0 unspecified atom stereocenters. The second-order valence-corrected chi connectivity index (χ2v) is 6.64. The summed E-state index contributed by atoms with van der Waals surface area (Å²) in [6, 6.07) is 9.64. The van der Waals surface area contributed by atoms with Crippen molar-refractivity contribution in [3.63, 3.8) is 0 Å². The molecule has 0 bridgehead atoms. The molecular formula is C19H21N5O. The number of hydrogen-bond acceptors (Lipinski definition) is 4. The average molecular weight is 335 g/mol. The van der Waals surface area contributed by atoms with Crippen molar-refractivity contribution in [2.45, 2.75) is 18.9 Å². The molecule has 1 aliphatic rings. The van der Waals surface area contributed by atoms with E-state index in [0.29, 0.717) is 18.0 Å². The molecule has 2 aromatic heterocycles. The van der Waals surface area contributed by atoms with E-state index in [1.807, 2.05) is 36.5 Å². The van der Waals surface area contributed by atoms with Crippen LogP contribution in [0.15, 0.2) is 42.7 Å². The van der Waals surface area contributed by atoms with Crippen molar-refractivity contribution in [2.75, 3.05) is 20.1 Å². The number of hydrogen-bond donors (Lipinski definition) is 2. The number of likely N-dealkylation sites (N-methyl/N-ethyl adjacent to an activating group) is 1. The summed E-state index contributed by atoms with van der Waals surface area (Å²) in [5.41, 5.74) is 2.38. The zero-order valence-corrected chi connectivity index (χ0v) is 14.2. The maximum Gasteiger partial charge on any atom is 0.253 e. The Morgan fingerprint density at radius 3 is 3.04 bits per heavy atom. The van der Waals surface area contributed by atoms with Crippen LogP contribution in [0.1, 0.15) is 34.2 Å². The highest BCUT2D eigenvalue weighted by atomic mass is 16.1. The molecule has 2 N–H and O–H groups in total. The van der Waals surface area contributed by atoms with E-state index in [2.05, 4.69) is 32.2 Å². The van der Waals surface area contributed by atoms with E-state index in [-0.39, 0.29) is 5.91 Å². The smallest absolute Gasteiger partial charge is 0.253 e. The summed E-state index contributed by atoms with van der Waals surface area (Å²) >= 11 is 0. The molecule has 1 fully saturated rings. The molecule has 0 spiro atoms. The number of carbonyl (C=O) groups excluding carboxylic acids is 1. The first-order valence-electron chi connectivity index (χ1n) is 8.54. The zero-order chi connectivity index (χ0) is 17.2. The number of fused-ring (bicyclic) bond motifs is 1. The van der Waals surface area contributed by atoms with Crippen molar-refractivity contribution in [3.05, 3.63) is 59.8 Å². The van der Waals surface area contributed by atoms with Gasteiger partial charge in [0, 0.05) is 24.0 Å². The van der Waals surface area contributed by atoms with Gasteiger partial charge in [-0.3, -0.25) is 9.78 Å². The quantitative estimate of drug-likeness (QED) is 0.767. The lowest BCUT2D eigenvalue weighted by atomic mass is 10.1. The Labute approximate surface area is 146 Å². The third-order valence-electron chi connectivity index (χ3n) is 4.72. The van der Waals surface area contributed by atoms with Gasteiger partial charge in [0.1, 0.15) is 5.82 Å². The van der Waals surface area contributed by atoms with Gasteiger partial charge >= 0.3 is 0 Å². The van der Waals surface area contributed by atoms with Crippen LogP contribution in [0.2, 0.25) is 0 Å². The summed E-state index contributed by atoms with van der Waals surface area (Å²) in [6.45, 7) is 2.57. The molecule has 1 saturated heterocycles. The Morgan fingerprint density at radius 2 is 2.20 bits per heavy atom. The van der Waals surface area contributed by atoms with E-state index in [0.717, 1.165) is 41.9 Å². The van der Waals surface area contributed by atoms with Crippen molar-refractivity contribution in [2.24, 2.45) is 0 Å². The number of aromatic amines is 1. The Balaban J connectivity index is 1.40. The second-order valence-electron chi connectivity index (χ2n) is 6.64. The van der Waals surface area contributed by atoms with Crippen LogP contribution in [0.3, 0.4) is 0 Å². The molecule has 0 saturated carbocycles. The third-order valence-corrected chi connectivity index (χ3v) is 4.72. The van der Waals surface area contributed by atoms with Gasteiger partial charge in [-0.25, -0.2) is 4.98 Å². The van der Waals surface area contributed by atoms with Gasteiger partial charge < -0.3 is 15.2 Å². The number of para-hydroxylation sites is 1. The van der Waals surface area contributed by atoms with Crippen LogP contribution in [-0.2, 0) is 6.54 Å². The fourth-order valence-electron chi connectivity index (χ4n) is 3.30. The highest BCUT2D eigenvalue weighted by molar-refractivity contribution is 5.97. The number of H-pyrrole nitrogens is 1. The van der Waals surface area contributed by atoms with Gasteiger partial charge in [0.25, 0.3) is 5.91 Å². The molecule has 1 amide bonds. The van der Waals surface area contributed by atoms with Crippen molar-refractivity contribution >= 4 is 16.8 Å². The Morgan fingerprint density at radius 1 is 1.32 bits per heavy atom. The summed E-state index contributed by atoms with van der Waals surface area (Å²) in [6.07, 6.45) is 4.55. The van der Waals surface area contributed by atoms with Crippen LogP contribution in [0.5, 0.6) is 0 Å². The van der Waals surface area contributed by atoms with Crippen molar-refractivity contribution in [3.8, 4) is 0 Å². The number of aromatic nitrogens is 3. The van der Waals surface area contributed by atoms with E-state index >= 15 is 0 Å². The minimum absolute atomic E-state index is 0.130. The van der Waals surface area contributed by atoms with Gasteiger partial charge in [-0.05, 0) is 32.1 Å². The standard InChI is InChI=1S/C19H21N5O/c1-24-7-6-14(12-24)18-21-10-16(23-18)11-22-19(25)15-8-13-4-2-3-5-17(13)20-9-15/h2-5,8-10,14H,6-7,11-12H2,1H3,(H,21,23)(H,22,25)/t14-/m1/s1. The van der Waals surface area contributed by atoms with E-state index in [9.17, 15) is 4.79 Å². The first-order chi connectivity index (χ1) is 12.2. The minimum atomic E-state index is -0.130. The molecule has 4 rings (SSSR count). The fraction of sp³-hybridized carbons (Fsp3) is 0.316. The molecule has 1 aromatic carbocycles. The molecule has 25 heavy (non-hydrogen) atoms. The largest absolute Gasteiger partial charge is 0.346 e. The van der Waals surface area contributed by atoms with Crippen molar-refractivity contribution in [1.29, 1.82) is 0 Å². The SMILES string of the molecule is CN1CC[C@@H](c2ncc(CNC(=O)c3cnc4ccccc4c3)[nH]2)C1. The Kier molecular flexibility index (Phi) is 4.19. The number of nitrogens with one attached hydrogen (secondary N) is 2. The summed E-state index contributed by atoms with van der Waals surface area (Å²) in [5, 5.41) is 3.89. The zero-order valence-electron chi connectivity index (χ0n) is 14.2. The number of nitrogens with zero attached hydrogens (tertiary/aromatic N) is 3. The molecule has 1 atom stereocenters. The molecule has 0 aliphatic carbocycles. The van der Waals surface area contributed by atoms with Crippen LogP contribution >= 0.6 is 0 Å². The maximum absolute atomic E-state index is 12.4. The number of amides is 1. The topological polar surface area (TPSA) is 73.9 Å². The lowest BCUT2D eigenvalue weighted by Gasteiger charge is -2.07. The number of rotatable bonds is 4. The lowest BCUT2D eigenvalue weighted by Crippen LogP contribution is -2.23. The molecule has 3 heterocycles. The number of imidazole rings is 1. The average Bonchev–Trinajstić information content (AvgIpc) is 3.28. The molecule has 1 aliphatic heterocycles. The van der Waals surface area contributed by atoms with E-state index in [4.69, 9.17) is 0 Å². The number of likely N-dealkylation sites (tertiary alicyclic amines) is 1.